The Morgan fingerprint density at radius 1 is 0.964 bits per heavy atom. The Labute approximate surface area is 162 Å². The smallest absolute Gasteiger partial charge is 0.326 e. The molecule has 0 bridgehead atoms. The fourth-order valence-electron chi connectivity index (χ4n) is 3.39. The molecule has 1 aliphatic rings. The zero-order valence-corrected chi connectivity index (χ0v) is 15.4. The lowest BCUT2D eigenvalue weighted by Gasteiger charge is -2.30. The lowest BCUT2D eigenvalue weighted by Crippen LogP contribution is -2.41. The van der Waals surface area contributed by atoms with Gasteiger partial charge >= 0.3 is 5.69 Å². The number of nitrogens with one attached hydrogen (secondary N) is 1. The number of hydrogen-bond donors (Lipinski definition) is 1. The Hall–Kier alpha value is -3.26. The highest BCUT2D eigenvalue weighted by Crippen LogP contribution is 2.19. The number of amides is 1. The molecule has 1 fully saturated rings. The van der Waals surface area contributed by atoms with Crippen LogP contribution in [0.25, 0.3) is 5.69 Å². The molecule has 0 saturated carbocycles. The highest BCUT2D eigenvalue weighted by molar-refractivity contribution is 5.92. The Morgan fingerprint density at radius 3 is 2.29 bits per heavy atom. The van der Waals surface area contributed by atoms with Crippen LogP contribution >= 0.6 is 0 Å². The molecule has 1 amide bonds. The van der Waals surface area contributed by atoms with Gasteiger partial charge in [0, 0.05) is 24.7 Å². The largest absolute Gasteiger partial charge is 0.369 e. The molecule has 3 aromatic rings. The van der Waals surface area contributed by atoms with E-state index in [1.165, 1.54) is 9.36 Å². The van der Waals surface area contributed by atoms with Crippen molar-refractivity contribution in [3.05, 3.63) is 71.1 Å². The summed E-state index contributed by atoms with van der Waals surface area (Å²) in [6.07, 6.45) is 1.50. The van der Waals surface area contributed by atoms with E-state index in [2.05, 4.69) is 20.6 Å². The van der Waals surface area contributed by atoms with E-state index in [1.54, 1.807) is 0 Å². The van der Waals surface area contributed by atoms with Gasteiger partial charge in [0.15, 0.2) is 0 Å². The number of carbonyl (C=O) groups excluding carboxylic acids is 1. The molecule has 2 aromatic carbocycles. The van der Waals surface area contributed by atoms with Gasteiger partial charge in [0.05, 0.1) is 5.69 Å². The average Bonchev–Trinajstić information content (AvgIpc) is 3.10. The minimum absolute atomic E-state index is 0.0202. The van der Waals surface area contributed by atoms with E-state index in [0.29, 0.717) is 12.4 Å². The second kappa shape index (κ2) is 8.18. The van der Waals surface area contributed by atoms with Crippen LogP contribution in [-0.4, -0.2) is 43.7 Å². The number of tetrazole rings is 1. The van der Waals surface area contributed by atoms with Crippen LogP contribution in [-0.2, 0) is 11.5 Å². The van der Waals surface area contributed by atoms with Crippen molar-refractivity contribution in [3.63, 3.8) is 0 Å². The molecule has 2 heterocycles. The Balaban J connectivity index is 1.33. The molecule has 1 aliphatic heterocycles. The van der Waals surface area contributed by atoms with Gasteiger partial charge in [-0.05, 0) is 47.5 Å². The Kier molecular flexibility index (Phi) is 5.29. The molecule has 1 N–H and O–H groups in total. The SMILES string of the molecule is O=C(Nc1ccccc1)C1CCN(Cn2nnn(-c3ccccc3)c2=O)CC1. The van der Waals surface area contributed by atoms with Gasteiger partial charge in [0.1, 0.15) is 6.67 Å². The quantitative estimate of drug-likeness (QED) is 0.731. The van der Waals surface area contributed by atoms with Crippen LogP contribution in [0.1, 0.15) is 12.8 Å². The highest BCUT2D eigenvalue weighted by atomic mass is 16.2. The van der Waals surface area contributed by atoms with Crippen LogP contribution in [0.15, 0.2) is 65.5 Å². The number of hydrogen-bond acceptors (Lipinski definition) is 5. The van der Waals surface area contributed by atoms with Gasteiger partial charge in [-0.25, -0.2) is 4.79 Å². The Morgan fingerprint density at radius 2 is 1.61 bits per heavy atom. The molecular formula is C20H22N6O2. The maximum Gasteiger partial charge on any atom is 0.369 e. The minimum atomic E-state index is -0.268. The van der Waals surface area contributed by atoms with Crippen molar-refractivity contribution >= 4 is 11.6 Å². The van der Waals surface area contributed by atoms with E-state index in [4.69, 9.17) is 0 Å². The van der Waals surface area contributed by atoms with E-state index in [-0.39, 0.29) is 17.5 Å². The van der Waals surface area contributed by atoms with Crippen molar-refractivity contribution in [2.24, 2.45) is 5.92 Å². The Bertz CT molecular complexity index is 975. The van der Waals surface area contributed by atoms with Crippen molar-refractivity contribution in [2.45, 2.75) is 19.5 Å². The van der Waals surface area contributed by atoms with Gasteiger partial charge in [-0.1, -0.05) is 36.4 Å². The second-order valence-corrected chi connectivity index (χ2v) is 6.90. The van der Waals surface area contributed by atoms with Crippen LogP contribution in [0.4, 0.5) is 5.69 Å². The molecule has 0 atom stereocenters. The number of aromatic nitrogens is 4. The lowest BCUT2D eigenvalue weighted by molar-refractivity contribution is -0.121. The number of carbonyl (C=O) groups is 1. The van der Waals surface area contributed by atoms with Crippen molar-refractivity contribution in [3.8, 4) is 5.69 Å². The summed E-state index contributed by atoms with van der Waals surface area (Å²) < 4.78 is 2.65. The van der Waals surface area contributed by atoms with E-state index in [1.807, 2.05) is 60.7 Å². The van der Waals surface area contributed by atoms with E-state index >= 15 is 0 Å². The van der Waals surface area contributed by atoms with Crippen molar-refractivity contribution < 1.29 is 4.79 Å². The van der Waals surface area contributed by atoms with Crippen LogP contribution < -0.4 is 11.0 Å². The molecule has 0 unspecified atom stereocenters. The lowest BCUT2D eigenvalue weighted by atomic mass is 9.96. The van der Waals surface area contributed by atoms with Crippen molar-refractivity contribution in [1.29, 1.82) is 0 Å². The van der Waals surface area contributed by atoms with E-state index in [9.17, 15) is 9.59 Å². The molecule has 8 nitrogen and oxygen atoms in total. The average molecular weight is 378 g/mol. The fraction of sp³-hybridized carbons (Fsp3) is 0.300. The number of likely N-dealkylation sites (tertiary alicyclic amines) is 1. The molecule has 144 valence electrons. The first kappa shape index (κ1) is 18.1. The maximum atomic E-state index is 12.5. The van der Waals surface area contributed by atoms with Gasteiger partial charge < -0.3 is 5.32 Å². The normalized spacial score (nSPS) is 15.4. The molecule has 0 aliphatic carbocycles. The summed E-state index contributed by atoms with van der Waals surface area (Å²) in [4.78, 5) is 27.1. The molecule has 0 radical (unpaired) electrons. The first-order valence-corrected chi connectivity index (χ1v) is 9.37. The van der Waals surface area contributed by atoms with Gasteiger partial charge in [-0.15, -0.1) is 0 Å². The van der Waals surface area contributed by atoms with Crippen LogP contribution in [0.3, 0.4) is 0 Å². The summed E-state index contributed by atoms with van der Waals surface area (Å²) in [5.41, 5.74) is 1.24. The van der Waals surface area contributed by atoms with Gasteiger partial charge in [-0.2, -0.15) is 9.36 Å². The van der Waals surface area contributed by atoms with Crippen molar-refractivity contribution in [1.82, 2.24) is 24.7 Å². The van der Waals surface area contributed by atoms with Gasteiger partial charge in [0.2, 0.25) is 5.91 Å². The number of benzene rings is 2. The summed E-state index contributed by atoms with van der Waals surface area (Å²) in [5.74, 6) is 0.0335. The monoisotopic (exact) mass is 378 g/mol. The minimum Gasteiger partial charge on any atom is -0.326 e. The molecule has 1 saturated heterocycles. The molecule has 0 spiro atoms. The summed E-state index contributed by atoms with van der Waals surface area (Å²) >= 11 is 0. The summed E-state index contributed by atoms with van der Waals surface area (Å²) in [5, 5.41) is 10.9. The topological polar surface area (TPSA) is 85.1 Å². The van der Waals surface area contributed by atoms with E-state index < -0.39 is 0 Å². The summed E-state index contributed by atoms with van der Waals surface area (Å²) in [6.45, 7) is 1.84. The van der Waals surface area contributed by atoms with Crippen molar-refractivity contribution in [2.75, 3.05) is 18.4 Å². The number of para-hydroxylation sites is 2. The first-order chi connectivity index (χ1) is 13.7. The molecule has 1 aromatic heterocycles. The molecular weight excluding hydrogens is 356 g/mol. The third kappa shape index (κ3) is 4.01. The number of anilines is 1. The highest BCUT2D eigenvalue weighted by Gasteiger charge is 2.25. The third-order valence-electron chi connectivity index (χ3n) is 4.97. The van der Waals surface area contributed by atoms with Gasteiger partial charge in [0.25, 0.3) is 0 Å². The number of piperidine rings is 1. The fourth-order valence-corrected chi connectivity index (χ4v) is 3.39. The van der Waals surface area contributed by atoms with Crippen LogP contribution in [0.5, 0.6) is 0 Å². The molecule has 4 rings (SSSR count). The predicted octanol–water partition coefficient (Wildman–Crippen LogP) is 1.74. The molecule has 8 heteroatoms. The van der Waals surface area contributed by atoms with E-state index in [0.717, 1.165) is 31.6 Å². The second-order valence-electron chi connectivity index (χ2n) is 6.90. The summed E-state index contributed by atoms with van der Waals surface area (Å²) in [6, 6.07) is 18.7. The van der Waals surface area contributed by atoms with Crippen LogP contribution in [0, 0.1) is 5.92 Å². The third-order valence-corrected chi connectivity index (χ3v) is 4.97. The van der Waals surface area contributed by atoms with Crippen LogP contribution in [0.2, 0.25) is 0 Å². The number of nitrogens with zero attached hydrogens (tertiary/aromatic N) is 5. The maximum absolute atomic E-state index is 12.5. The molecule has 28 heavy (non-hydrogen) atoms. The first-order valence-electron chi connectivity index (χ1n) is 9.37. The zero-order valence-electron chi connectivity index (χ0n) is 15.4. The number of rotatable bonds is 5. The standard InChI is InChI=1S/C20H22N6O2/c27-19(21-17-7-3-1-4-8-17)16-11-13-24(14-12-16)15-25-20(28)26(23-22-25)18-9-5-2-6-10-18/h1-10,16H,11-15H2,(H,21,27). The zero-order chi connectivity index (χ0) is 19.3. The summed E-state index contributed by atoms with van der Waals surface area (Å²) in [7, 11) is 0. The van der Waals surface area contributed by atoms with Gasteiger partial charge in [-0.3, -0.25) is 9.69 Å². The predicted molar refractivity (Wildman–Crippen MR) is 105 cm³/mol.